The van der Waals surface area contributed by atoms with Crippen LogP contribution in [0.2, 0.25) is 5.02 Å². The lowest BCUT2D eigenvalue weighted by Crippen LogP contribution is -2.51. The summed E-state index contributed by atoms with van der Waals surface area (Å²) in [7, 11) is 1.44. The molecule has 0 atom stereocenters. The third-order valence-corrected chi connectivity index (χ3v) is 4.29. The van der Waals surface area contributed by atoms with Gasteiger partial charge in [-0.3, -0.25) is 20.2 Å². The highest BCUT2D eigenvalue weighted by atomic mass is 35.5. The molecule has 1 fully saturated rings. The summed E-state index contributed by atoms with van der Waals surface area (Å²) in [5.41, 5.74) is 1.09. The van der Waals surface area contributed by atoms with E-state index in [0.29, 0.717) is 11.3 Å². The van der Waals surface area contributed by atoms with Gasteiger partial charge in [0.05, 0.1) is 12.1 Å². The van der Waals surface area contributed by atoms with Crippen molar-refractivity contribution >= 4 is 46.8 Å². The Balaban J connectivity index is 1.86. The summed E-state index contributed by atoms with van der Waals surface area (Å²) < 4.78 is 24.0. The van der Waals surface area contributed by atoms with Gasteiger partial charge in [-0.1, -0.05) is 23.7 Å². The average molecular weight is 421 g/mol. The van der Waals surface area contributed by atoms with E-state index in [9.17, 15) is 14.0 Å². The first-order valence-corrected chi connectivity index (χ1v) is 8.79. The van der Waals surface area contributed by atoms with E-state index in [1.54, 1.807) is 18.2 Å². The Labute approximate surface area is 170 Å². The highest BCUT2D eigenvalue weighted by Crippen LogP contribution is 2.37. The van der Waals surface area contributed by atoms with Crippen LogP contribution >= 0.6 is 23.8 Å². The van der Waals surface area contributed by atoms with Crippen LogP contribution in [0, 0.1) is 5.82 Å². The van der Waals surface area contributed by atoms with Gasteiger partial charge in [-0.15, -0.1) is 0 Å². The number of ether oxygens (including phenoxy) is 2. The fraction of sp³-hybridized carbons (Fsp3) is 0.105. The van der Waals surface area contributed by atoms with E-state index >= 15 is 0 Å². The van der Waals surface area contributed by atoms with Crippen molar-refractivity contribution in [3.8, 4) is 11.5 Å². The zero-order valence-electron chi connectivity index (χ0n) is 14.5. The van der Waals surface area contributed by atoms with E-state index < -0.39 is 11.8 Å². The number of thiocarbonyl (C=S) groups is 1. The number of methoxy groups -OCH3 is 1. The van der Waals surface area contributed by atoms with Crippen LogP contribution in [0.5, 0.6) is 11.5 Å². The fourth-order valence-electron chi connectivity index (χ4n) is 2.47. The second-order valence-electron chi connectivity index (χ2n) is 5.74. The first-order chi connectivity index (χ1) is 13.4. The molecule has 0 aliphatic carbocycles. The van der Waals surface area contributed by atoms with Gasteiger partial charge in [0.15, 0.2) is 16.6 Å². The van der Waals surface area contributed by atoms with Gasteiger partial charge < -0.3 is 9.47 Å². The van der Waals surface area contributed by atoms with Gasteiger partial charge in [-0.05, 0) is 53.7 Å². The second-order valence-corrected chi connectivity index (χ2v) is 6.56. The maximum atomic E-state index is 13.0. The number of carbonyl (C=O) groups is 2. The monoisotopic (exact) mass is 420 g/mol. The normalized spacial score (nSPS) is 13.7. The third-order valence-electron chi connectivity index (χ3n) is 3.80. The second kappa shape index (κ2) is 8.37. The van der Waals surface area contributed by atoms with Crippen molar-refractivity contribution < 1.29 is 23.5 Å². The maximum absolute atomic E-state index is 13.0. The number of benzene rings is 2. The maximum Gasteiger partial charge on any atom is 0.263 e. The van der Waals surface area contributed by atoms with Gasteiger partial charge >= 0.3 is 0 Å². The topological polar surface area (TPSA) is 76.7 Å². The van der Waals surface area contributed by atoms with E-state index in [0.717, 1.165) is 5.56 Å². The van der Waals surface area contributed by atoms with Crippen molar-refractivity contribution in [1.29, 1.82) is 0 Å². The zero-order chi connectivity index (χ0) is 20.3. The fourth-order valence-corrected chi connectivity index (χ4v) is 2.93. The standard InChI is InChI=1S/C19H14ClFN2O4S/c1-26-15-8-11(6-13-17(24)22-19(28)23-18(13)25)7-14(20)16(15)27-9-10-2-4-12(21)5-3-10/h2-8H,9H2,1H3,(H2,22,23,24,25,28). The molecular weight excluding hydrogens is 407 g/mol. The molecule has 1 heterocycles. The molecule has 28 heavy (non-hydrogen) atoms. The number of hydrogen-bond acceptors (Lipinski definition) is 5. The summed E-state index contributed by atoms with van der Waals surface area (Å²) in [6.07, 6.45) is 1.37. The number of amides is 2. The van der Waals surface area contributed by atoms with E-state index in [-0.39, 0.29) is 33.9 Å². The number of rotatable bonds is 5. The SMILES string of the molecule is COc1cc(C=C2C(=O)NC(=S)NC2=O)cc(Cl)c1OCc1ccc(F)cc1. The molecule has 1 aliphatic rings. The van der Waals surface area contributed by atoms with Crippen LogP contribution < -0.4 is 20.1 Å². The van der Waals surface area contributed by atoms with Crippen LogP contribution in [0.3, 0.4) is 0 Å². The van der Waals surface area contributed by atoms with Gasteiger partial charge in [-0.25, -0.2) is 4.39 Å². The Hall–Kier alpha value is -2.97. The lowest BCUT2D eigenvalue weighted by atomic mass is 10.1. The Morgan fingerprint density at radius 3 is 2.39 bits per heavy atom. The predicted molar refractivity (Wildman–Crippen MR) is 106 cm³/mol. The Morgan fingerprint density at radius 2 is 1.79 bits per heavy atom. The Kier molecular flexibility index (Phi) is 5.91. The molecule has 9 heteroatoms. The van der Waals surface area contributed by atoms with Gasteiger partial charge in [0, 0.05) is 0 Å². The van der Waals surface area contributed by atoms with Crippen molar-refractivity contribution in [2.45, 2.75) is 6.61 Å². The molecule has 0 bridgehead atoms. The van der Waals surface area contributed by atoms with E-state index in [1.807, 2.05) is 0 Å². The molecule has 2 aromatic rings. The van der Waals surface area contributed by atoms with E-state index in [1.165, 1.54) is 31.4 Å². The summed E-state index contributed by atoms with van der Waals surface area (Å²) in [5, 5.41) is 4.88. The molecule has 0 spiro atoms. The quantitative estimate of drug-likeness (QED) is 0.442. The molecule has 2 aromatic carbocycles. The number of nitrogens with one attached hydrogen (secondary N) is 2. The minimum absolute atomic E-state index is 0.0488. The zero-order valence-corrected chi connectivity index (χ0v) is 16.1. The van der Waals surface area contributed by atoms with Crippen LogP contribution in [0.4, 0.5) is 4.39 Å². The average Bonchev–Trinajstić information content (AvgIpc) is 2.64. The summed E-state index contributed by atoms with van der Waals surface area (Å²) in [6.45, 7) is 0.152. The van der Waals surface area contributed by atoms with Crippen molar-refractivity contribution in [2.24, 2.45) is 0 Å². The smallest absolute Gasteiger partial charge is 0.263 e. The number of carbonyl (C=O) groups excluding carboxylic acids is 2. The highest BCUT2D eigenvalue weighted by Gasteiger charge is 2.26. The van der Waals surface area contributed by atoms with E-state index in [4.69, 9.17) is 33.3 Å². The van der Waals surface area contributed by atoms with Crippen molar-refractivity contribution in [3.05, 3.63) is 63.9 Å². The molecular formula is C19H14ClFN2O4S. The minimum atomic E-state index is -0.611. The molecule has 0 saturated carbocycles. The summed E-state index contributed by atoms with van der Waals surface area (Å²) >= 11 is 11.1. The lowest BCUT2D eigenvalue weighted by molar-refractivity contribution is -0.123. The molecule has 144 valence electrons. The van der Waals surface area contributed by atoms with Gasteiger partial charge in [0.2, 0.25) is 0 Å². The van der Waals surface area contributed by atoms with Gasteiger partial charge in [-0.2, -0.15) is 0 Å². The first-order valence-electron chi connectivity index (χ1n) is 8.00. The molecule has 0 unspecified atom stereocenters. The molecule has 0 aromatic heterocycles. The van der Waals surface area contributed by atoms with Crippen LogP contribution in [0.25, 0.3) is 6.08 Å². The lowest BCUT2D eigenvalue weighted by Gasteiger charge is -2.17. The third kappa shape index (κ3) is 4.47. The Bertz CT molecular complexity index is 970. The van der Waals surface area contributed by atoms with Crippen LogP contribution in [0.1, 0.15) is 11.1 Å². The molecule has 3 rings (SSSR count). The largest absolute Gasteiger partial charge is 0.493 e. The van der Waals surface area contributed by atoms with Gasteiger partial charge in [0.1, 0.15) is 18.0 Å². The van der Waals surface area contributed by atoms with Crippen LogP contribution in [-0.4, -0.2) is 24.0 Å². The predicted octanol–water partition coefficient (Wildman–Crippen LogP) is 2.98. The summed E-state index contributed by atoms with van der Waals surface area (Å²) in [6, 6.07) is 8.97. The van der Waals surface area contributed by atoms with Crippen LogP contribution in [0.15, 0.2) is 42.0 Å². The Morgan fingerprint density at radius 1 is 1.14 bits per heavy atom. The molecule has 0 radical (unpaired) electrons. The van der Waals surface area contributed by atoms with Crippen molar-refractivity contribution in [2.75, 3.05) is 7.11 Å². The van der Waals surface area contributed by atoms with Crippen LogP contribution in [-0.2, 0) is 16.2 Å². The highest BCUT2D eigenvalue weighted by molar-refractivity contribution is 7.80. The summed E-state index contributed by atoms with van der Waals surface area (Å²) in [5.74, 6) is -0.961. The molecule has 1 aliphatic heterocycles. The van der Waals surface area contributed by atoms with Crippen molar-refractivity contribution in [3.63, 3.8) is 0 Å². The molecule has 1 saturated heterocycles. The minimum Gasteiger partial charge on any atom is -0.493 e. The number of halogens is 2. The van der Waals surface area contributed by atoms with Gasteiger partial charge in [0.25, 0.3) is 11.8 Å². The molecule has 2 amide bonds. The van der Waals surface area contributed by atoms with E-state index in [2.05, 4.69) is 10.6 Å². The number of hydrogen-bond donors (Lipinski definition) is 2. The molecule has 2 N–H and O–H groups in total. The summed E-state index contributed by atoms with van der Waals surface area (Å²) in [4.78, 5) is 23.9. The van der Waals surface area contributed by atoms with Crippen molar-refractivity contribution in [1.82, 2.24) is 10.6 Å². The first kappa shape index (κ1) is 19.8. The molecule has 6 nitrogen and oxygen atoms in total.